The van der Waals surface area contributed by atoms with Crippen molar-refractivity contribution in [2.45, 2.75) is 0 Å². The highest BCUT2D eigenvalue weighted by Gasteiger charge is 1.96. The molecular formula is C8H3N2S. The van der Waals surface area contributed by atoms with E-state index in [0.717, 1.165) is 10.2 Å². The van der Waals surface area contributed by atoms with Crippen molar-refractivity contribution in [3.05, 3.63) is 29.3 Å². The summed E-state index contributed by atoms with van der Waals surface area (Å²) in [7, 11) is 0. The maximum atomic E-state index is 8.55. The van der Waals surface area contributed by atoms with Crippen LogP contribution in [0.2, 0.25) is 0 Å². The summed E-state index contributed by atoms with van der Waals surface area (Å²) in [5.41, 5.74) is 4.28. The van der Waals surface area contributed by atoms with Gasteiger partial charge >= 0.3 is 0 Å². The van der Waals surface area contributed by atoms with Gasteiger partial charge in [0.05, 0.1) is 21.8 Å². The molecule has 11 heavy (non-hydrogen) atoms. The molecule has 0 saturated heterocycles. The van der Waals surface area contributed by atoms with Crippen LogP contribution in [0.4, 0.5) is 0 Å². The second kappa shape index (κ2) is 2.33. The van der Waals surface area contributed by atoms with Gasteiger partial charge in [0.15, 0.2) is 5.51 Å². The fourth-order valence-electron chi connectivity index (χ4n) is 0.882. The molecule has 2 aromatic rings. The van der Waals surface area contributed by atoms with Crippen LogP contribution in [0.1, 0.15) is 5.56 Å². The third kappa shape index (κ3) is 0.975. The van der Waals surface area contributed by atoms with E-state index < -0.39 is 0 Å². The molecule has 1 aromatic carbocycles. The molecule has 0 unspecified atom stereocenters. The Morgan fingerprint density at radius 2 is 2.45 bits per heavy atom. The zero-order chi connectivity index (χ0) is 7.68. The van der Waals surface area contributed by atoms with E-state index in [1.807, 2.05) is 6.07 Å². The van der Waals surface area contributed by atoms with E-state index in [-0.39, 0.29) is 0 Å². The summed E-state index contributed by atoms with van der Waals surface area (Å²) in [5.74, 6) is 0. The molecule has 1 aromatic heterocycles. The number of nitrogens with zero attached hydrogens (tertiary/aromatic N) is 2. The van der Waals surface area contributed by atoms with Gasteiger partial charge in [0.1, 0.15) is 0 Å². The predicted octanol–water partition coefficient (Wildman–Crippen LogP) is 1.97. The van der Waals surface area contributed by atoms with Crippen molar-refractivity contribution < 1.29 is 0 Å². The Bertz CT molecular complexity index is 425. The Labute approximate surface area is 67.7 Å². The van der Waals surface area contributed by atoms with Gasteiger partial charge in [-0.1, -0.05) is 0 Å². The molecular weight excluding hydrogens is 156 g/mol. The monoisotopic (exact) mass is 159 g/mol. The van der Waals surface area contributed by atoms with Crippen molar-refractivity contribution in [1.29, 1.82) is 5.26 Å². The first-order chi connectivity index (χ1) is 5.40. The molecule has 0 fully saturated rings. The fourth-order valence-corrected chi connectivity index (χ4v) is 1.47. The fraction of sp³-hybridized carbons (Fsp3) is 0. The molecule has 0 spiro atoms. The van der Waals surface area contributed by atoms with Crippen LogP contribution in [-0.2, 0) is 0 Å². The molecule has 0 aliphatic carbocycles. The van der Waals surface area contributed by atoms with Gasteiger partial charge in [0, 0.05) is 0 Å². The molecule has 2 rings (SSSR count). The predicted molar refractivity (Wildman–Crippen MR) is 43.2 cm³/mol. The number of nitriles is 1. The highest BCUT2D eigenvalue weighted by Crippen LogP contribution is 2.17. The summed E-state index contributed by atoms with van der Waals surface area (Å²) < 4.78 is 1.07. The van der Waals surface area contributed by atoms with Crippen LogP contribution in [0.3, 0.4) is 0 Å². The first-order valence-corrected chi connectivity index (χ1v) is 3.88. The Hall–Kier alpha value is -1.40. The first-order valence-electron chi connectivity index (χ1n) is 3.07. The molecule has 0 N–H and O–H groups in total. The van der Waals surface area contributed by atoms with Gasteiger partial charge in [0.25, 0.3) is 0 Å². The molecule has 2 nitrogen and oxygen atoms in total. The van der Waals surface area contributed by atoms with E-state index in [4.69, 9.17) is 5.26 Å². The van der Waals surface area contributed by atoms with E-state index in [1.165, 1.54) is 11.3 Å². The maximum absolute atomic E-state index is 8.55. The van der Waals surface area contributed by atoms with Crippen LogP contribution < -0.4 is 0 Å². The maximum Gasteiger partial charge on any atom is 0.153 e. The number of hydrogen-bond acceptors (Lipinski definition) is 3. The molecule has 51 valence electrons. The van der Waals surface area contributed by atoms with Crippen LogP contribution in [0.25, 0.3) is 10.2 Å². The van der Waals surface area contributed by atoms with Crippen molar-refractivity contribution in [1.82, 2.24) is 4.98 Å². The molecule has 0 saturated carbocycles. The van der Waals surface area contributed by atoms with E-state index in [0.29, 0.717) is 5.56 Å². The number of thiazole rings is 1. The second-order valence-corrected chi connectivity index (χ2v) is 2.93. The van der Waals surface area contributed by atoms with Gasteiger partial charge in [-0.3, -0.25) is 0 Å². The largest absolute Gasteiger partial charge is 0.233 e. The minimum atomic E-state index is 0.650. The minimum absolute atomic E-state index is 0.650. The first kappa shape index (κ1) is 6.32. The number of hydrogen-bond donors (Lipinski definition) is 0. The average molecular weight is 159 g/mol. The summed E-state index contributed by atoms with van der Waals surface area (Å²) in [5, 5.41) is 8.55. The number of aromatic nitrogens is 1. The quantitative estimate of drug-likeness (QED) is 0.589. The van der Waals surface area contributed by atoms with Gasteiger partial charge in [0.2, 0.25) is 0 Å². The van der Waals surface area contributed by atoms with Crippen LogP contribution in [0.5, 0.6) is 0 Å². The number of benzene rings is 1. The Morgan fingerprint density at radius 3 is 3.27 bits per heavy atom. The van der Waals surface area contributed by atoms with Crippen LogP contribution in [-0.4, -0.2) is 4.98 Å². The standard InChI is InChI=1S/C8H3N2S/c9-4-6-1-2-8-7(3-6)10-5-11-8/h1-3H. The summed E-state index contributed by atoms with van der Waals surface area (Å²) in [6.45, 7) is 0. The number of fused-ring (bicyclic) bond motifs is 1. The molecule has 1 radical (unpaired) electrons. The lowest BCUT2D eigenvalue weighted by molar-refractivity contribution is 1.46. The lowest BCUT2D eigenvalue weighted by atomic mass is 10.2. The van der Waals surface area contributed by atoms with E-state index in [2.05, 4.69) is 16.6 Å². The van der Waals surface area contributed by atoms with E-state index in [1.54, 1.807) is 12.1 Å². The third-order valence-corrected chi connectivity index (χ3v) is 2.16. The summed E-state index contributed by atoms with van der Waals surface area (Å²) >= 11 is 1.46. The Kier molecular flexibility index (Phi) is 1.34. The van der Waals surface area contributed by atoms with Crippen molar-refractivity contribution in [3.63, 3.8) is 0 Å². The molecule has 3 heteroatoms. The number of rotatable bonds is 0. The minimum Gasteiger partial charge on any atom is -0.233 e. The SMILES string of the molecule is N#Cc1ccc2s[c]nc2c1. The van der Waals surface area contributed by atoms with Gasteiger partial charge in [-0.25, -0.2) is 4.98 Å². The second-order valence-electron chi connectivity index (χ2n) is 2.10. The van der Waals surface area contributed by atoms with Crippen molar-refractivity contribution in [3.8, 4) is 6.07 Å². The Balaban J connectivity index is 2.79. The highest BCUT2D eigenvalue weighted by molar-refractivity contribution is 7.16. The zero-order valence-electron chi connectivity index (χ0n) is 5.53. The molecule has 0 atom stereocenters. The smallest absolute Gasteiger partial charge is 0.153 e. The molecule has 0 bridgehead atoms. The molecule has 0 aliphatic rings. The van der Waals surface area contributed by atoms with E-state index >= 15 is 0 Å². The normalized spacial score (nSPS) is 9.73. The van der Waals surface area contributed by atoms with Crippen molar-refractivity contribution in [2.75, 3.05) is 0 Å². The van der Waals surface area contributed by atoms with Crippen molar-refractivity contribution in [2.24, 2.45) is 0 Å². The lowest BCUT2D eigenvalue weighted by Gasteiger charge is -1.86. The van der Waals surface area contributed by atoms with Crippen molar-refractivity contribution >= 4 is 21.6 Å². The van der Waals surface area contributed by atoms with Gasteiger partial charge in [-0.05, 0) is 18.2 Å². The summed E-state index contributed by atoms with van der Waals surface area (Å²) in [4.78, 5) is 3.97. The third-order valence-electron chi connectivity index (χ3n) is 1.41. The average Bonchev–Trinajstić information content (AvgIpc) is 2.50. The summed E-state index contributed by atoms with van der Waals surface area (Å²) in [6.07, 6.45) is 0. The zero-order valence-corrected chi connectivity index (χ0v) is 6.35. The lowest BCUT2D eigenvalue weighted by Crippen LogP contribution is -1.72. The molecule has 0 amide bonds. The topological polar surface area (TPSA) is 36.7 Å². The van der Waals surface area contributed by atoms with Crippen LogP contribution in [0.15, 0.2) is 18.2 Å². The van der Waals surface area contributed by atoms with Crippen LogP contribution in [0, 0.1) is 16.8 Å². The summed E-state index contributed by atoms with van der Waals surface area (Å²) in [6, 6.07) is 7.50. The van der Waals surface area contributed by atoms with Gasteiger partial charge in [-0.2, -0.15) is 5.26 Å². The van der Waals surface area contributed by atoms with Gasteiger partial charge in [-0.15, -0.1) is 11.3 Å². The van der Waals surface area contributed by atoms with E-state index in [9.17, 15) is 0 Å². The highest BCUT2D eigenvalue weighted by atomic mass is 32.1. The molecule has 0 aliphatic heterocycles. The van der Waals surface area contributed by atoms with Crippen LogP contribution >= 0.6 is 11.3 Å². The van der Waals surface area contributed by atoms with Gasteiger partial charge < -0.3 is 0 Å². The molecule has 1 heterocycles. The Morgan fingerprint density at radius 1 is 1.55 bits per heavy atom.